The Balaban J connectivity index is 3.52. The van der Waals surface area contributed by atoms with Crippen LogP contribution in [0.1, 0.15) is 47.0 Å². The van der Waals surface area contributed by atoms with Gasteiger partial charge in [-0.1, -0.05) is 20.8 Å². The van der Waals surface area contributed by atoms with Gasteiger partial charge in [-0.3, -0.25) is 9.59 Å². The van der Waals surface area contributed by atoms with Crippen LogP contribution in [-0.4, -0.2) is 18.4 Å². The van der Waals surface area contributed by atoms with Gasteiger partial charge in [0.05, 0.1) is 6.61 Å². The van der Waals surface area contributed by atoms with Crippen LogP contribution in [0.4, 0.5) is 0 Å². The van der Waals surface area contributed by atoms with Crippen LogP contribution in [0.2, 0.25) is 0 Å². The van der Waals surface area contributed by atoms with Crippen molar-refractivity contribution < 1.29 is 14.3 Å². The third-order valence-corrected chi connectivity index (χ3v) is 1.80. The minimum atomic E-state index is -0.207. The summed E-state index contributed by atoms with van der Waals surface area (Å²) in [5, 5.41) is 0. The van der Waals surface area contributed by atoms with Crippen LogP contribution >= 0.6 is 0 Å². The lowest BCUT2D eigenvalue weighted by atomic mass is 9.91. The minimum Gasteiger partial charge on any atom is -0.465 e. The SMILES string of the molecule is CC(=O)CCOC(=O)CCC(C)(C)C. The van der Waals surface area contributed by atoms with Gasteiger partial charge in [-0.05, 0) is 18.8 Å². The van der Waals surface area contributed by atoms with Crippen molar-refractivity contribution >= 4 is 11.8 Å². The van der Waals surface area contributed by atoms with Crippen molar-refractivity contribution in [2.75, 3.05) is 6.61 Å². The van der Waals surface area contributed by atoms with Crippen LogP contribution in [-0.2, 0) is 14.3 Å². The molecule has 82 valence electrons. The molecule has 0 aliphatic rings. The van der Waals surface area contributed by atoms with Crippen LogP contribution in [0.15, 0.2) is 0 Å². The fraction of sp³-hybridized carbons (Fsp3) is 0.818. The molecule has 0 N–H and O–H groups in total. The van der Waals surface area contributed by atoms with Crippen molar-refractivity contribution in [3.8, 4) is 0 Å². The molecular weight excluding hydrogens is 180 g/mol. The summed E-state index contributed by atoms with van der Waals surface area (Å²) in [7, 11) is 0. The Hall–Kier alpha value is -0.860. The van der Waals surface area contributed by atoms with Crippen molar-refractivity contribution in [2.24, 2.45) is 5.41 Å². The first kappa shape index (κ1) is 13.1. The molecule has 0 bridgehead atoms. The summed E-state index contributed by atoms with van der Waals surface area (Å²) in [5.41, 5.74) is 0.152. The zero-order chi connectivity index (χ0) is 11.2. The summed E-state index contributed by atoms with van der Waals surface area (Å²) in [6, 6.07) is 0. The van der Waals surface area contributed by atoms with E-state index in [0.717, 1.165) is 6.42 Å². The number of ketones is 1. The average Bonchev–Trinajstić information content (AvgIpc) is 1.99. The third-order valence-electron chi connectivity index (χ3n) is 1.80. The predicted molar refractivity (Wildman–Crippen MR) is 54.9 cm³/mol. The topological polar surface area (TPSA) is 43.4 Å². The number of ether oxygens (including phenoxy) is 1. The van der Waals surface area contributed by atoms with E-state index in [-0.39, 0.29) is 23.8 Å². The molecule has 0 saturated carbocycles. The van der Waals surface area contributed by atoms with Crippen LogP contribution in [0, 0.1) is 5.41 Å². The van der Waals surface area contributed by atoms with Crippen LogP contribution < -0.4 is 0 Å². The molecule has 14 heavy (non-hydrogen) atoms. The molecule has 0 aliphatic carbocycles. The van der Waals surface area contributed by atoms with Gasteiger partial charge in [0.1, 0.15) is 5.78 Å². The van der Waals surface area contributed by atoms with Crippen molar-refractivity contribution in [1.29, 1.82) is 0 Å². The number of esters is 1. The number of hydrogen-bond acceptors (Lipinski definition) is 3. The number of carbonyl (C=O) groups excluding carboxylic acids is 2. The molecule has 3 nitrogen and oxygen atoms in total. The van der Waals surface area contributed by atoms with E-state index in [1.54, 1.807) is 0 Å². The average molecular weight is 200 g/mol. The molecule has 0 atom stereocenters. The van der Waals surface area contributed by atoms with E-state index in [0.29, 0.717) is 12.8 Å². The summed E-state index contributed by atoms with van der Waals surface area (Å²) in [6.45, 7) is 7.95. The van der Waals surface area contributed by atoms with Gasteiger partial charge in [-0.25, -0.2) is 0 Å². The van der Waals surface area contributed by atoms with Crippen LogP contribution in [0.3, 0.4) is 0 Å². The normalized spacial score (nSPS) is 11.1. The lowest BCUT2D eigenvalue weighted by Crippen LogP contribution is -2.12. The zero-order valence-electron chi connectivity index (χ0n) is 9.55. The van der Waals surface area contributed by atoms with E-state index in [4.69, 9.17) is 4.74 Å². The standard InChI is InChI=1S/C11H20O3/c1-9(12)6-8-14-10(13)5-7-11(2,3)4/h5-8H2,1-4H3. The second kappa shape index (κ2) is 5.78. The van der Waals surface area contributed by atoms with Crippen molar-refractivity contribution in [3.63, 3.8) is 0 Å². The second-order valence-corrected chi connectivity index (χ2v) is 4.73. The summed E-state index contributed by atoms with van der Waals surface area (Å²) < 4.78 is 4.89. The van der Waals surface area contributed by atoms with Crippen LogP contribution in [0.25, 0.3) is 0 Å². The lowest BCUT2D eigenvalue weighted by molar-refractivity contribution is -0.144. The molecular formula is C11H20O3. The van der Waals surface area contributed by atoms with Crippen LogP contribution in [0.5, 0.6) is 0 Å². The largest absolute Gasteiger partial charge is 0.465 e. The number of hydrogen-bond donors (Lipinski definition) is 0. The van der Waals surface area contributed by atoms with E-state index in [1.165, 1.54) is 6.92 Å². The highest BCUT2D eigenvalue weighted by Gasteiger charge is 2.13. The first-order valence-electron chi connectivity index (χ1n) is 4.96. The fourth-order valence-electron chi connectivity index (χ4n) is 0.858. The summed E-state index contributed by atoms with van der Waals surface area (Å²) in [6.07, 6.45) is 1.56. The minimum absolute atomic E-state index is 0.0496. The van der Waals surface area contributed by atoms with E-state index in [1.807, 2.05) is 0 Å². The molecule has 0 radical (unpaired) electrons. The van der Waals surface area contributed by atoms with Gasteiger partial charge in [0.25, 0.3) is 0 Å². The molecule has 0 aromatic carbocycles. The van der Waals surface area contributed by atoms with Gasteiger partial charge in [0.15, 0.2) is 0 Å². The second-order valence-electron chi connectivity index (χ2n) is 4.73. The van der Waals surface area contributed by atoms with Crippen molar-refractivity contribution in [3.05, 3.63) is 0 Å². The predicted octanol–water partition coefficient (Wildman–Crippen LogP) is 2.33. The first-order chi connectivity index (χ1) is 6.31. The monoisotopic (exact) mass is 200 g/mol. The molecule has 0 aromatic rings. The highest BCUT2D eigenvalue weighted by Crippen LogP contribution is 2.20. The maximum atomic E-state index is 11.1. The number of carbonyl (C=O) groups is 2. The summed E-state index contributed by atoms with van der Waals surface area (Å²) in [4.78, 5) is 21.7. The molecule has 0 rings (SSSR count). The molecule has 0 aliphatic heterocycles. The number of Topliss-reactive ketones (excluding diaryl/α,β-unsaturated/α-hetero) is 1. The molecule has 0 fully saturated rings. The van der Waals surface area contributed by atoms with E-state index < -0.39 is 0 Å². The first-order valence-corrected chi connectivity index (χ1v) is 4.96. The Morgan fingerprint density at radius 2 is 1.71 bits per heavy atom. The molecule has 0 spiro atoms. The lowest BCUT2D eigenvalue weighted by Gasteiger charge is -2.16. The van der Waals surface area contributed by atoms with E-state index in [9.17, 15) is 9.59 Å². The Morgan fingerprint density at radius 3 is 2.14 bits per heavy atom. The molecule has 0 unspecified atom stereocenters. The Kier molecular flexibility index (Phi) is 5.43. The molecule has 0 aromatic heterocycles. The fourth-order valence-corrected chi connectivity index (χ4v) is 0.858. The van der Waals surface area contributed by atoms with Crippen molar-refractivity contribution in [2.45, 2.75) is 47.0 Å². The highest BCUT2D eigenvalue weighted by atomic mass is 16.5. The quantitative estimate of drug-likeness (QED) is 0.640. The molecule has 0 saturated heterocycles. The third kappa shape index (κ3) is 9.23. The summed E-state index contributed by atoms with van der Waals surface area (Å²) in [5.74, 6) is -0.158. The van der Waals surface area contributed by atoms with E-state index >= 15 is 0 Å². The van der Waals surface area contributed by atoms with E-state index in [2.05, 4.69) is 20.8 Å². The highest BCUT2D eigenvalue weighted by molar-refractivity contribution is 5.76. The van der Waals surface area contributed by atoms with Gasteiger partial charge >= 0.3 is 5.97 Å². The summed E-state index contributed by atoms with van der Waals surface area (Å²) >= 11 is 0. The number of rotatable bonds is 5. The van der Waals surface area contributed by atoms with Gasteiger partial charge in [-0.15, -0.1) is 0 Å². The smallest absolute Gasteiger partial charge is 0.305 e. The molecule has 0 heterocycles. The Bertz CT molecular complexity index is 201. The molecule has 3 heteroatoms. The van der Waals surface area contributed by atoms with Crippen molar-refractivity contribution in [1.82, 2.24) is 0 Å². The van der Waals surface area contributed by atoms with Gasteiger partial charge in [0.2, 0.25) is 0 Å². The zero-order valence-corrected chi connectivity index (χ0v) is 9.55. The Morgan fingerprint density at radius 1 is 1.14 bits per heavy atom. The van der Waals surface area contributed by atoms with Gasteiger partial charge < -0.3 is 4.74 Å². The maximum Gasteiger partial charge on any atom is 0.305 e. The van der Waals surface area contributed by atoms with Gasteiger partial charge in [-0.2, -0.15) is 0 Å². The molecule has 0 amide bonds. The maximum absolute atomic E-state index is 11.1. The van der Waals surface area contributed by atoms with Gasteiger partial charge in [0, 0.05) is 12.8 Å². The Labute approximate surface area is 85.8 Å².